The Bertz CT molecular complexity index is 483. The fraction of sp³-hybridized carbons (Fsp3) is 0.500. The van der Waals surface area contributed by atoms with E-state index in [2.05, 4.69) is 41.4 Å². The lowest BCUT2D eigenvalue weighted by molar-refractivity contribution is 0.624. The molecule has 1 N–H and O–H groups in total. The molecule has 1 aromatic heterocycles. The average Bonchev–Trinajstić information content (AvgIpc) is 3.04. The molecule has 1 aliphatic rings. The van der Waals surface area contributed by atoms with Crippen LogP contribution in [0.25, 0.3) is 10.2 Å². The maximum absolute atomic E-state index is 4.79. The van der Waals surface area contributed by atoms with Gasteiger partial charge in [-0.3, -0.25) is 0 Å². The molecule has 3 rings (SSSR count). The van der Waals surface area contributed by atoms with E-state index in [1.807, 2.05) is 11.3 Å². The number of benzene rings is 1. The number of fused-ring (bicyclic) bond motifs is 1. The minimum atomic E-state index is 0.616. The fourth-order valence-electron chi connectivity index (χ4n) is 2.56. The summed E-state index contributed by atoms with van der Waals surface area (Å²) in [6.45, 7) is 5.57. The van der Waals surface area contributed by atoms with Crippen LogP contribution in [0, 0.1) is 0 Å². The predicted molar refractivity (Wildman–Crippen MR) is 78.5 cm³/mol. The van der Waals surface area contributed by atoms with Gasteiger partial charge in [0.1, 0.15) is 0 Å². The highest BCUT2D eigenvalue weighted by molar-refractivity contribution is 7.22. The molecule has 1 unspecified atom stereocenters. The van der Waals surface area contributed by atoms with Crippen LogP contribution in [0.15, 0.2) is 24.3 Å². The van der Waals surface area contributed by atoms with E-state index in [4.69, 9.17) is 4.98 Å². The number of hydrogen-bond acceptors (Lipinski definition) is 4. The molecule has 1 atom stereocenters. The summed E-state index contributed by atoms with van der Waals surface area (Å²) in [5.41, 5.74) is 1.13. The molecule has 18 heavy (non-hydrogen) atoms. The summed E-state index contributed by atoms with van der Waals surface area (Å²) >= 11 is 1.82. The van der Waals surface area contributed by atoms with Gasteiger partial charge >= 0.3 is 0 Å². The molecule has 0 saturated carbocycles. The van der Waals surface area contributed by atoms with Gasteiger partial charge in [0, 0.05) is 19.1 Å². The van der Waals surface area contributed by atoms with Gasteiger partial charge in [0.15, 0.2) is 5.13 Å². The maximum Gasteiger partial charge on any atom is 0.186 e. The van der Waals surface area contributed by atoms with E-state index in [-0.39, 0.29) is 0 Å². The molecule has 1 aliphatic heterocycles. The van der Waals surface area contributed by atoms with Gasteiger partial charge in [0.05, 0.1) is 10.2 Å². The van der Waals surface area contributed by atoms with Crippen molar-refractivity contribution < 1.29 is 0 Å². The van der Waals surface area contributed by atoms with Gasteiger partial charge in [-0.05, 0) is 31.5 Å². The first kappa shape index (κ1) is 11.9. The molecule has 4 heteroatoms. The standard InChI is InChI=1S/C14H19N3S/c1-2-9-17(11-7-8-15-10-11)14-16-12-5-3-4-6-13(12)18-14/h3-6,11,15H,2,7-10H2,1H3. The van der Waals surface area contributed by atoms with E-state index in [1.54, 1.807) is 0 Å². The van der Waals surface area contributed by atoms with Crippen molar-refractivity contribution in [2.45, 2.75) is 25.8 Å². The Kier molecular flexibility index (Phi) is 3.48. The molecule has 0 spiro atoms. The highest BCUT2D eigenvalue weighted by Crippen LogP contribution is 2.30. The Morgan fingerprint density at radius 1 is 1.44 bits per heavy atom. The number of rotatable bonds is 4. The Labute approximate surface area is 112 Å². The molecule has 0 radical (unpaired) electrons. The molecule has 1 fully saturated rings. The van der Waals surface area contributed by atoms with Crippen LogP contribution in [-0.4, -0.2) is 30.7 Å². The van der Waals surface area contributed by atoms with Crippen LogP contribution in [0.5, 0.6) is 0 Å². The highest BCUT2D eigenvalue weighted by Gasteiger charge is 2.24. The van der Waals surface area contributed by atoms with Crippen LogP contribution >= 0.6 is 11.3 Å². The van der Waals surface area contributed by atoms with Crippen LogP contribution in [0.4, 0.5) is 5.13 Å². The van der Waals surface area contributed by atoms with E-state index in [1.165, 1.54) is 22.7 Å². The van der Waals surface area contributed by atoms with Gasteiger partial charge in [0.2, 0.25) is 0 Å². The van der Waals surface area contributed by atoms with E-state index in [0.29, 0.717) is 6.04 Å². The third-order valence-electron chi connectivity index (χ3n) is 3.47. The first-order valence-corrected chi connectivity index (χ1v) is 7.53. The topological polar surface area (TPSA) is 28.2 Å². The van der Waals surface area contributed by atoms with Crippen molar-refractivity contribution in [2.24, 2.45) is 0 Å². The lowest BCUT2D eigenvalue weighted by Crippen LogP contribution is -2.37. The average molecular weight is 261 g/mol. The monoisotopic (exact) mass is 261 g/mol. The lowest BCUT2D eigenvalue weighted by Gasteiger charge is -2.27. The normalized spacial score (nSPS) is 19.5. The van der Waals surface area contributed by atoms with Gasteiger partial charge in [-0.2, -0.15) is 0 Å². The summed E-state index contributed by atoms with van der Waals surface area (Å²) in [7, 11) is 0. The van der Waals surface area contributed by atoms with E-state index < -0.39 is 0 Å². The molecule has 0 aliphatic carbocycles. The summed E-state index contributed by atoms with van der Waals surface area (Å²) in [6.07, 6.45) is 2.41. The third-order valence-corrected chi connectivity index (χ3v) is 4.54. The number of aromatic nitrogens is 1. The van der Waals surface area contributed by atoms with Gasteiger partial charge in [0.25, 0.3) is 0 Å². The highest BCUT2D eigenvalue weighted by atomic mass is 32.1. The van der Waals surface area contributed by atoms with Crippen molar-refractivity contribution in [2.75, 3.05) is 24.5 Å². The van der Waals surface area contributed by atoms with Crippen molar-refractivity contribution in [3.8, 4) is 0 Å². The molecular formula is C14H19N3S. The molecule has 2 heterocycles. The zero-order valence-corrected chi connectivity index (χ0v) is 11.5. The Hall–Kier alpha value is -1.13. The number of nitrogens with zero attached hydrogens (tertiary/aromatic N) is 2. The first-order valence-electron chi connectivity index (χ1n) is 6.71. The van der Waals surface area contributed by atoms with E-state index >= 15 is 0 Å². The summed E-state index contributed by atoms with van der Waals surface area (Å²) in [4.78, 5) is 7.28. The Balaban J connectivity index is 1.92. The predicted octanol–water partition coefficient (Wildman–Crippen LogP) is 2.87. The second-order valence-corrected chi connectivity index (χ2v) is 5.81. The molecule has 1 saturated heterocycles. The third kappa shape index (κ3) is 2.22. The number of para-hydroxylation sites is 1. The number of nitrogens with one attached hydrogen (secondary N) is 1. The van der Waals surface area contributed by atoms with Gasteiger partial charge in [-0.25, -0.2) is 4.98 Å². The Morgan fingerprint density at radius 2 is 2.33 bits per heavy atom. The summed E-state index contributed by atoms with van der Waals surface area (Å²) < 4.78 is 1.29. The summed E-state index contributed by atoms with van der Waals surface area (Å²) in [5.74, 6) is 0. The smallest absolute Gasteiger partial charge is 0.186 e. The van der Waals surface area contributed by atoms with Crippen LogP contribution in [0.2, 0.25) is 0 Å². The Morgan fingerprint density at radius 3 is 3.06 bits per heavy atom. The zero-order chi connectivity index (χ0) is 12.4. The van der Waals surface area contributed by atoms with E-state index in [0.717, 1.165) is 25.2 Å². The molecule has 0 amide bonds. The molecule has 3 nitrogen and oxygen atoms in total. The van der Waals surface area contributed by atoms with Crippen LogP contribution in [0.1, 0.15) is 19.8 Å². The first-order chi connectivity index (χ1) is 8.88. The quantitative estimate of drug-likeness (QED) is 0.917. The lowest BCUT2D eigenvalue weighted by atomic mass is 10.2. The minimum Gasteiger partial charge on any atom is -0.344 e. The number of thiazole rings is 1. The van der Waals surface area contributed by atoms with Crippen LogP contribution in [0.3, 0.4) is 0 Å². The molecule has 0 bridgehead atoms. The van der Waals surface area contributed by atoms with Crippen molar-refractivity contribution in [3.63, 3.8) is 0 Å². The summed E-state index contributed by atoms with van der Waals surface area (Å²) in [6, 6.07) is 9.03. The molecule has 1 aromatic carbocycles. The van der Waals surface area contributed by atoms with Gasteiger partial charge in [-0.15, -0.1) is 0 Å². The van der Waals surface area contributed by atoms with Crippen LogP contribution in [-0.2, 0) is 0 Å². The fourth-order valence-corrected chi connectivity index (χ4v) is 3.63. The van der Waals surface area contributed by atoms with Crippen molar-refractivity contribution in [1.29, 1.82) is 0 Å². The van der Waals surface area contributed by atoms with Crippen LogP contribution < -0.4 is 10.2 Å². The van der Waals surface area contributed by atoms with Gasteiger partial charge in [-0.1, -0.05) is 30.4 Å². The van der Waals surface area contributed by atoms with Crippen molar-refractivity contribution in [1.82, 2.24) is 10.3 Å². The molecule has 2 aromatic rings. The van der Waals surface area contributed by atoms with Crippen molar-refractivity contribution in [3.05, 3.63) is 24.3 Å². The van der Waals surface area contributed by atoms with E-state index in [9.17, 15) is 0 Å². The minimum absolute atomic E-state index is 0.616. The van der Waals surface area contributed by atoms with Gasteiger partial charge < -0.3 is 10.2 Å². The SMILES string of the molecule is CCCN(c1nc2ccccc2s1)C1CCNC1. The molecule has 96 valence electrons. The molecular weight excluding hydrogens is 242 g/mol. The second kappa shape index (κ2) is 5.24. The number of hydrogen-bond donors (Lipinski definition) is 1. The maximum atomic E-state index is 4.79. The largest absolute Gasteiger partial charge is 0.344 e. The summed E-state index contributed by atoms with van der Waals surface area (Å²) in [5, 5.41) is 4.64. The second-order valence-electron chi connectivity index (χ2n) is 4.80. The zero-order valence-electron chi connectivity index (χ0n) is 10.7. The number of anilines is 1. The van der Waals surface area contributed by atoms with Crippen molar-refractivity contribution >= 4 is 26.7 Å².